The number of carboxylic acid groups (broad SMARTS) is 1. The molecule has 1 fully saturated rings. The topological polar surface area (TPSA) is 159 Å². The maximum atomic E-state index is 14.0. The van der Waals surface area contributed by atoms with Gasteiger partial charge >= 0.3 is 47.7 Å². The van der Waals surface area contributed by atoms with Crippen LogP contribution in [0.2, 0.25) is 0 Å². The molecule has 3 rings (SSSR count). The van der Waals surface area contributed by atoms with Crippen molar-refractivity contribution in [3.63, 3.8) is 0 Å². The van der Waals surface area contributed by atoms with E-state index in [1.165, 1.54) is 11.7 Å². The predicted octanol–water partition coefficient (Wildman–Crippen LogP) is 4.17. The van der Waals surface area contributed by atoms with Crippen LogP contribution in [0.5, 0.6) is 0 Å². The summed E-state index contributed by atoms with van der Waals surface area (Å²) in [6, 6.07) is 3.49. The van der Waals surface area contributed by atoms with Crippen LogP contribution in [0.1, 0.15) is 92.1 Å². The van der Waals surface area contributed by atoms with Crippen molar-refractivity contribution in [2.75, 3.05) is 7.11 Å². The number of para-hydroxylation sites is 1. The molecule has 0 bridgehead atoms. The van der Waals surface area contributed by atoms with Crippen LogP contribution in [0.3, 0.4) is 0 Å². The van der Waals surface area contributed by atoms with Gasteiger partial charge in [0.05, 0.1) is 12.6 Å². The molecule has 4 amide bonds. The number of fused-ring (bicyclic) bond motifs is 1. The zero-order valence-electron chi connectivity index (χ0n) is 28.2. The summed E-state index contributed by atoms with van der Waals surface area (Å²) in [5, 5.41) is 18.9. The Hall–Kier alpha value is -3.09. The normalized spacial score (nSPS) is 18.3. The van der Waals surface area contributed by atoms with Crippen molar-refractivity contribution in [1.82, 2.24) is 25.4 Å². The van der Waals surface area contributed by atoms with Crippen molar-refractivity contribution in [2.45, 2.75) is 123 Å². The third-order valence-electron chi connectivity index (χ3n) is 8.54. The Morgan fingerprint density at radius 1 is 0.957 bits per heavy atom. The Kier molecular flexibility index (Phi) is 15.3. The summed E-state index contributed by atoms with van der Waals surface area (Å²) in [6.45, 7) is 11.8. The van der Waals surface area contributed by atoms with Crippen LogP contribution in [0.4, 0.5) is 9.59 Å². The molecular formula is C34H52N5NaO7. The van der Waals surface area contributed by atoms with Crippen LogP contribution >= 0.6 is 0 Å². The number of nitrogens with one attached hydrogen (secondary N) is 3. The van der Waals surface area contributed by atoms with Crippen molar-refractivity contribution < 1.29 is 33.8 Å². The minimum atomic E-state index is -1.21. The Labute approximate surface area is 300 Å². The van der Waals surface area contributed by atoms with E-state index >= 15 is 0 Å². The summed E-state index contributed by atoms with van der Waals surface area (Å²) >= 11 is 0. The third-order valence-corrected chi connectivity index (χ3v) is 8.54. The van der Waals surface area contributed by atoms with Gasteiger partial charge in [-0.2, -0.15) is 0 Å². The van der Waals surface area contributed by atoms with E-state index < -0.39 is 42.0 Å². The number of hydrogen-bond acceptors (Lipinski definition) is 6. The molecule has 1 saturated heterocycles. The fraction of sp³-hybridized carbons (Fsp3) is 0.618. The van der Waals surface area contributed by atoms with Crippen LogP contribution in [0, 0.1) is 5.41 Å². The van der Waals surface area contributed by atoms with Crippen LogP contribution in [0.25, 0.3) is 10.9 Å². The molecule has 0 saturated carbocycles. The number of hydrogen-bond donors (Lipinski definition) is 4. The van der Waals surface area contributed by atoms with Gasteiger partial charge in [-0.05, 0) is 63.0 Å². The third kappa shape index (κ3) is 11.0. The quantitative estimate of drug-likeness (QED) is 0.248. The zero-order valence-corrected chi connectivity index (χ0v) is 28.2. The number of aromatic nitrogens is 1. The first-order valence-corrected chi connectivity index (χ1v) is 16.3. The van der Waals surface area contributed by atoms with Gasteiger partial charge in [0.1, 0.15) is 18.1 Å². The van der Waals surface area contributed by atoms with Crippen molar-refractivity contribution in [1.29, 1.82) is 0 Å². The van der Waals surface area contributed by atoms with Crippen molar-refractivity contribution >= 4 is 70.4 Å². The van der Waals surface area contributed by atoms with Gasteiger partial charge in [0.2, 0.25) is 11.8 Å². The van der Waals surface area contributed by atoms with E-state index in [0.29, 0.717) is 29.3 Å². The van der Waals surface area contributed by atoms with Gasteiger partial charge < -0.3 is 30.7 Å². The average molecular weight is 666 g/mol. The molecule has 1 aromatic heterocycles. The number of carbonyl (C=O) groups excluding carboxylic acids is 4. The molecule has 0 aliphatic carbocycles. The Morgan fingerprint density at radius 3 is 2.13 bits per heavy atom. The first-order valence-electron chi connectivity index (χ1n) is 16.3. The van der Waals surface area contributed by atoms with E-state index in [2.05, 4.69) is 16.0 Å². The van der Waals surface area contributed by atoms with Crippen molar-refractivity contribution in [3.8, 4) is 0 Å². The van der Waals surface area contributed by atoms with E-state index in [4.69, 9.17) is 4.74 Å². The molecule has 2 heterocycles. The van der Waals surface area contributed by atoms with Gasteiger partial charge in [-0.15, -0.1) is 0 Å². The number of urea groups is 1. The van der Waals surface area contributed by atoms with Crippen LogP contribution in [0.15, 0.2) is 30.5 Å². The number of carboxylic acids is 1. The number of amides is 4. The number of nitrogens with zero attached hydrogens (tertiary/aromatic N) is 2. The molecule has 5 atom stereocenters. The fourth-order valence-corrected chi connectivity index (χ4v) is 6.17. The average Bonchev–Trinajstić information content (AvgIpc) is 3.35. The predicted molar refractivity (Wildman–Crippen MR) is 183 cm³/mol. The van der Waals surface area contributed by atoms with Gasteiger partial charge in [0.15, 0.2) is 0 Å². The maximum absolute atomic E-state index is 14.0. The zero-order chi connectivity index (χ0) is 34.2. The number of carbonyl (C=O) groups is 5. The second-order valence-corrected chi connectivity index (χ2v) is 13.6. The number of aliphatic carboxylic acids is 1. The van der Waals surface area contributed by atoms with E-state index in [9.17, 15) is 29.1 Å². The van der Waals surface area contributed by atoms with Gasteiger partial charge in [-0.1, -0.05) is 58.7 Å². The molecular weight excluding hydrogens is 613 g/mol. The summed E-state index contributed by atoms with van der Waals surface area (Å²) in [4.78, 5) is 67.6. The van der Waals surface area contributed by atoms with Gasteiger partial charge in [0.25, 0.3) is 0 Å². The van der Waals surface area contributed by atoms with Gasteiger partial charge in [-0.3, -0.25) is 14.2 Å². The first kappa shape index (κ1) is 40.1. The molecule has 256 valence electrons. The first-order chi connectivity index (χ1) is 21.7. The fourth-order valence-electron chi connectivity index (χ4n) is 6.17. The van der Waals surface area contributed by atoms with E-state index in [1.807, 2.05) is 41.5 Å². The minimum absolute atomic E-state index is 0. The monoisotopic (exact) mass is 665 g/mol. The van der Waals surface area contributed by atoms with Crippen molar-refractivity contribution in [3.05, 3.63) is 36.0 Å². The number of piperidine rings is 1. The molecule has 4 N–H and O–H groups in total. The Bertz CT molecular complexity index is 1390. The molecule has 0 spiro atoms. The summed E-state index contributed by atoms with van der Waals surface area (Å²) in [5.41, 5.74) is 0.785. The molecule has 1 aliphatic heterocycles. The summed E-state index contributed by atoms with van der Waals surface area (Å²) in [6.07, 6.45) is 5.53. The molecule has 2 aromatic rings. The number of benzene rings is 1. The standard InChI is InChI=1S/C34H51N5O7.Na.H/c1-8-9-16-25(31(42)43)35-29(40)26(18-23-20-38(33(45)46-7)28-17-11-10-15-24(23)28)36-30(41)27(19-34(4,5)6)37-32(44)39-21(2)13-12-14-22(39)3;;/h10-11,15,17,20-22,25-27H,8-9,12-14,16,18-19H2,1-7H3,(H,35,40)(H,36,41)(H,37,44)(H,42,43);;/t21?,22?,25-,26-,27+;;/m1../s1. The Morgan fingerprint density at radius 2 is 1.55 bits per heavy atom. The number of ether oxygens (including phenoxy) is 1. The van der Waals surface area contributed by atoms with Crippen LogP contribution < -0.4 is 16.0 Å². The van der Waals surface area contributed by atoms with Crippen LogP contribution in [-0.2, 0) is 25.5 Å². The van der Waals surface area contributed by atoms with E-state index in [0.717, 1.165) is 25.7 Å². The van der Waals surface area contributed by atoms with Gasteiger partial charge in [-0.25, -0.2) is 14.4 Å². The Balaban J connectivity index is 0.00000768. The SMILES string of the molecule is CCCC[C@@H](NC(=O)[C@@H](Cc1cn(C(=O)OC)c2ccccc12)NC(=O)[C@H](CC(C)(C)C)NC(=O)N1C(C)CCCC1C)C(=O)O.[NaH]. The number of likely N-dealkylation sites (tertiary alicyclic amines) is 1. The summed E-state index contributed by atoms with van der Waals surface area (Å²) in [7, 11) is 1.27. The molecule has 1 aliphatic rings. The van der Waals surface area contributed by atoms with Crippen molar-refractivity contribution in [2.24, 2.45) is 5.41 Å². The number of unbranched alkanes of at least 4 members (excludes halogenated alkanes) is 1. The molecule has 1 aromatic carbocycles. The molecule has 13 heteroatoms. The molecule has 0 radical (unpaired) electrons. The summed E-state index contributed by atoms with van der Waals surface area (Å²) < 4.78 is 6.26. The number of rotatable bonds is 12. The second-order valence-electron chi connectivity index (χ2n) is 13.6. The second kappa shape index (κ2) is 17.9. The summed E-state index contributed by atoms with van der Waals surface area (Å²) in [5.74, 6) is -2.40. The van der Waals surface area contributed by atoms with E-state index in [1.54, 1.807) is 35.4 Å². The van der Waals surface area contributed by atoms with Gasteiger partial charge in [0, 0.05) is 30.1 Å². The van der Waals surface area contributed by atoms with Crippen LogP contribution in [-0.4, -0.2) is 111 Å². The van der Waals surface area contributed by atoms with E-state index in [-0.39, 0.29) is 65.9 Å². The number of methoxy groups -OCH3 is 1. The molecule has 47 heavy (non-hydrogen) atoms. The molecule has 12 nitrogen and oxygen atoms in total. The molecule has 2 unspecified atom stereocenters.